The number of benzene rings is 1. The molecule has 5 nitrogen and oxygen atoms in total. The topological polar surface area (TPSA) is 56.5 Å². The van der Waals surface area contributed by atoms with Crippen molar-refractivity contribution in [2.75, 3.05) is 19.8 Å². The number of hydrogen-bond donors (Lipinski definition) is 1. The van der Waals surface area contributed by atoms with E-state index in [1.54, 1.807) is 6.20 Å². The second-order valence-corrected chi connectivity index (χ2v) is 3.88. The Kier molecular flexibility index (Phi) is 5.25. The number of aromatic nitrogens is 1. The highest BCUT2D eigenvalue weighted by Crippen LogP contribution is 2.25. The van der Waals surface area contributed by atoms with Gasteiger partial charge in [0.2, 0.25) is 0 Å². The van der Waals surface area contributed by atoms with Crippen LogP contribution in [0.5, 0.6) is 11.5 Å². The second kappa shape index (κ2) is 7.43. The molecule has 102 valence electrons. The largest absolute Gasteiger partial charge is 0.490 e. The Bertz CT molecular complexity index is 471. The smallest absolute Gasteiger partial charge is 0.161 e. The summed E-state index contributed by atoms with van der Waals surface area (Å²) < 4.78 is 16.1. The van der Waals surface area contributed by atoms with Crippen LogP contribution < -0.4 is 14.8 Å². The molecule has 0 saturated heterocycles. The van der Waals surface area contributed by atoms with E-state index in [-0.39, 0.29) is 0 Å². The molecule has 0 aliphatic heterocycles. The van der Waals surface area contributed by atoms with E-state index >= 15 is 0 Å². The molecule has 0 aliphatic rings. The van der Waals surface area contributed by atoms with Gasteiger partial charge in [-0.15, -0.1) is 0 Å². The normalized spacial score (nSPS) is 10.4. The molecule has 0 fully saturated rings. The average molecular weight is 262 g/mol. The van der Waals surface area contributed by atoms with Gasteiger partial charge < -0.3 is 19.3 Å². The van der Waals surface area contributed by atoms with Crippen LogP contribution in [0.4, 0.5) is 0 Å². The summed E-state index contributed by atoms with van der Waals surface area (Å²) in [6.45, 7) is 4.52. The third kappa shape index (κ3) is 4.30. The summed E-state index contributed by atoms with van der Waals surface area (Å²) in [5.74, 6) is 2.36. The molecular weight excluding hydrogens is 244 g/mol. The molecule has 1 aromatic heterocycles. The Balaban J connectivity index is 1.70. The number of hydrogen-bond acceptors (Lipinski definition) is 5. The van der Waals surface area contributed by atoms with Crippen molar-refractivity contribution < 1.29 is 14.0 Å². The van der Waals surface area contributed by atoms with E-state index in [1.807, 2.05) is 37.3 Å². The minimum absolute atomic E-state index is 0.568. The summed E-state index contributed by atoms with van der Waals surface area (Å²) in [4.78, 5) is 0. The summed E-state index contributed by atoms with van der Waals surface area (Å²) in [7, 11) is 0. The maximum Gasteiger partial charge on any atom is 0.161 e. The molecule has 0 spiro atoms. The highest BCUT2D eigenvalue weighted by atomic mass is 16.5. The van der Waals surface area contributed by atoms with Crippen LogP contribution in [0.2, 0.25) is 0 Å². The summed E-state index contributed by atoms with van der Waals surface area (Å²) >= 11 is 0. The van der Waals surface area contributed by atoms with Crippen LogP contribution in [-0.2, 0) is 6.54 Å². The zero-order valence-electron chi connectivity index (χ0n) is 11.0. The first kappa shape index (κ1) is 13.4. The number of para-hydroxylation sites is 2. The lowest BCUT2D eigenvalue weighted by Crippen LogP contribution is -2.20. The van der Waals surface area contributed by atoms with Crippen LogP contribution in [-0.4, -0.2) is 24.9 Å². The van der Waals surface area contributed by atoms with Gasteiger partial charge in [0.15, 0.2) is 11.5 Å². The minimum Gasteiger partial charge on any atom is -0.490 e. The fraction of sp³-hybridized carbons (Fsp3) is 0.357. The predicted octanol–water partition coefficient (Wildman–Crippen LogP) is 2.24. The SMILES string of the molecule is CCOc1ccccc1OCCNCc1ccno1. The minimum atomic E-state index is 0.568. The lowest BCUT2D eigenvalue weighted by atomic mass is 10.3. The van der Waals surface area contributed by atoms with Gasteiger partial charge in [0, 0.05) is 12.6 Å². The Morgan fingerprint density at radius 1 is 1.16 bits per heavy atom. The number of nitrogens with one attached hydrogen (secondary N) is 1. The van der Waals surface area contributed by atoms with Crippen molar-refractivity contribution in [3.63, 3.8) is 0 Å². The first-order chi connectivity index (χ1) is 9.40. The number of ether oxygens (including phenoxy) is 2. The van der Waals surface area contributed by atoms with E-state index in [4.69, 9.17) is 14.0 Å². The highest BCUT2D eigenvalue weighted by Gasteiger charge is 2.03. The molecule has 1 aromatic carbocycles. The molecule has 0 atom stereocenters. The van der Waals surface area contributed by atoms with Crippen LogP contribution in [0.1, 0.15) is 12.7 Å². The van der Waals surface area contributed by atoms with Gasteiger partial charge in [0.05, 0.1) is 19.3 Å². The first-order valence-corrected chi connectivity index (χ1v) is 6.35. The van der Waals surface area contributed by atoms with E-state index in [9.17, 15) is 0 Å². The van der Waals surface area contributed by atoms with Gasteiger partial charge >= 0.3 is 0 Å². The Morgan fingerprint density at radius 2 is 1.95 bits per heavy atom. The van der Waals surface area contributed by atoms with Crippen molar-refractivity contribution >= 4 is 0 Å². The molecule has 19 heavy (non-hydrogen) atoms. The lowest BCUT2D eigenvalue weighted by Gasteiger charge is -2.11. The Labute approximate surface area is 112 Å². The van der Waals surface area contributed by atoms with Crippen molar-refractivity contribution in [2.24, 2.45) is 0 Å². The molecular formula is C14H18N2O3. The zero-order valence-corrected chi connectivity index (χ0v) is 11.0. The summed E-state index contributed by atoms with van der Waals surface area (Å²) in [5.41, 5.74) is 0. The predicted molar refractivity (Wildman–Crippen MR) is 71.3 cm³/mol. The maximum absolute atomic E-state index is 5.68. The Morgan fingerprint density at radius 3 is 2.63 bits per heavy atom. The fourth-order valence-electron chi connectivity index (χ4n) is 1.62. The Hall–Kier alpha value is -2.01. The monoisotopic (exact) mass is 262 g/mol. The standard InChI is InChI=1S/C14H18N2O3/c1-2-17-13-5-3-4-6-14(13)18-10-9-15-11-12-7-8-16-19-12/h3-8,15H,2,9-11H2,1H3. The van der Waals surface area contributed by atoms with Crippen LogP contribution in [0.25, 0.3) is 0 Å². The molecule has 5 heteroatoms. The average Bonchev–Trinajstić information content (AvgIpc) is 2.94. The van der Waals surface area contributed by atoms with Crippen molar-refractivity contribution in [1.29, 1.82) is 0 Å². The first-order valence-electron chi connectivity index (χ1n) is 6.35. The third-order valence-electron chi connectivity index (χ3n) is 2.48. The number of rotatable bonds is 8. The van der Waals surface area contributed by atoms with Gasteiger partial charge in [0.1, 0.15) is 12.4 Å². The summed E-state index contributed by atoms with van der Waals surface area (Å²) in [5, 5.41) is 6.85. The maximum atomic E-state index is 5.68. The fourth-order valence-corrected chi connectivity index (χ4v) is 1.62. The van der Waals surface area contributed by atoms with Gasteiger partial charge in [-0.1, -0.05) is 17.3 Å². The molecule has 1 heterocycles. The van der Waals surface area contributed by atoms with Crippen molar-refractivity contribution in [3.8, 4) is 11.5 Å². The molecule has 0 unspecified atom stereocenters. The molecule has 1 N–H and O–H groups in total. The second-order valence-electron chi connectivity index (χ2n) is 3.88. The quantitative estimate of drug-likeness (QED) is 0.739. The zero-order chi connectivity index (χ0) is 13.3. The number of nitrogens with zero attached hydrogens (tertiary/aromatic N) is 1. The van der Waals surface area contributed by atoms with E-state index in [2.05, 4.69) is 10.5 Å². The van der Waals surface area contributed by atoms with Gasteiger partial charge in [-0.3, -0.25) is 0 Å². The summed E-state index contributed by atoms with van der Waals surface area (Å²) in [6, 6.07) is 9.50. The van der Waals surface area contributed by atoms with Gasteiger partial charge in [-0.05, 0) is 19.1 Å². The molecule has 0 aliphatic carbocycles. The van der Waals surface area contributed by atoms with E-state index in [0.717, 1.165) is 23.8 Å². The molecule has 0 amide bonds. The van der Waals surface area contributed by atoms with Gasteiger partial charge in [0.25, 0.3) is 0 Å². The van der Waals surface area contributed by atoms with E-state index in [0.29, 0.717) is 19.8 Å². The highest BCUT2D eigenvalue weighted by molar-refractivity contribution is 5.39. The summed E-state index contributed by atoms with van der Waals surface area (Å²) in [6.07, 6.45) is 1.63. The third-order valence-corrected chi connectivity index (χ3v) is 2.48. The molecule has 0 radical (unpaired) electrons. The van der Waals surface area contributed by atoms with Crippen molar-refractivity contribution in [1.82, 2.24) is 10.5 Å². The van der Waals surface area contributed by atoms with Crippen LogP contribution in [0.15, 0.2) is 41.1 Å². The van der Waals surface area contributed by atoms with Crippen LogP contribution in [0.3, 0.4) is 0 Å². The molecule has 0 saturated carbocycles. The van der Waals surface area contributed by atoms with Gasteiger partial charge in [-0.25, -0.2) is 0 Å². The lowest BCUT2D eigenvalue weighted by molar-refractivity contribution is 0.273. The van der Waals surface area contributed by atoms with Crippen LogP contribution in [0, 0.1) is 0 Å². The van der Waals surface area contributed by atoms with E-state index < -0.39 is 0 Å². The molecule has 0 bridgehead atoms. The van der Waals surface area contributed by atoms with Crippen molar-refractivity contribution in [3.05, 3.63) is 42.3 Å². The van der Waals surface area contributed by atoms with Crippen LogP contribution >= 0.6 is 0 Å². The molecule has 2 rings (SSSR count). The van der Waals surface area contributed by atoms with E-state index in [1.165, 1.54) is 0 Å². The van der Waals surface area contributed by atoms with Crippen molar-refractivity contribution in [2.45, 2.75) is 13.5 Å². The molecule has 2 aromatic rings. The van der Waals surface area contributed by atoms with Gasteiger partial charge in [-0.2, -0.15) is 0 Å².